The van der Waals surface area contributed by atoms with Gasteiger partial charge in [-0.15, -0.1) is 0 Å². The van der Waals surface area contributed by atoms with Gasteiger partial charge < -0.3 is 15.3 Å². The lowest BCUT2D eigenvalue weighted by Crippen LogP contribution is -2.48. The number of nitrogens with one attached hydrogen (secondary N) is 1. The van der Waals surface area contributed by atoms with Crippen molar-refractivity contribution < 1.29 is 14.7 Å². The van der Waals surface area contributed by atoms with Gasteiger partial charge in [-0.25, -0.2) is 4.79 Å². The van der Waals surface area contributed by atoms with E-state index >= 15 is 0 Å². The first kappa shape index (κ1) is 16.8. The van der Waals surface area contributed by atoms with Crippen LogP contribution in [0.25, 0.3) is 0 Å². The maximum Gasteiger partial charge on any atom is 0.317 e. The molecule has 2 N–H and O–H groups in total. The largest absolute Gasteiger partial charge is 0.481 e. The maximum absolute atomic E-state index is 12.0. The van der Waals surface area contributed by atoms with E-state index in [1.807, 2.05) is 6.92 Å². The summed E-state index contributed by atoms with van der Waals surface area (Å²) < 4.78 is 0. The van der Waals surface area contributed by atoms with Crippen LogP contribution < -0.4 is 5.32 Å². The molecule has 1 rings (SSSR count). The molecule has 1 aliphatic heterocycles. The first-order valence-electron chi connectivity index (χ1n) is 7.53. The SMILES string of the molecule is CCN(CCC(=O)O)C(=O)NCC(C)N1CCCCC1. The molecule has 116 valence electrons. The maximum atomic E-state index is 12.0. The average Bonchev–Trinajstić information content (AvgIpc) is 2.46. The molecule has 0 bridgehead atoms. The Bertz CT molecular complexity index is 317. The van der Waals surface area contributed by atoms with Crippen molar-refractivity contribution in [1.82, 2.24) is 15.1 Å². The standard InChI is InChI=1S/C14H27N3O3/c1-3-16(10-7-13(18)19)14(20)15-11-12(2)17-8-5-4-6-9-17/h12H,3-11H2,1-2H3,(H,15,20)(H,18,19). The predicted octanol–water partition coefficient (Wildman–Crippen LogP) is 1.37. The highest BCUT2D eigenvalue weighted by atomic mass is 16.4. The number of carboxylic acid groups (broad SMARTS) is 1. The van der Waals surface area contributed by atoms with Crippen molar-refractivity contribution >= 4 is 12.0 Å². The minimum atomic E-state index is -0.877. The van der Waals surface area contributed by atoms with Gasteiger partial charge in [-0.1, -0.05) is 6.42 Å². The Morgan fingerprint density at radius 3 is 2.50 bits per heavy atom. The zero-order valence-electron chi connectivity index (χ0n) is 12.6. The number of rotatable bonds is 7. The van der Waals surface area contributed by atoms with Crippen LogP contribution in [0.3, 0.4) is 0 Å². The summed E-state index contributed by atoms with van der Waals surface area (Å²) in [6.07, 6.45) is 3.76. The topological polar surface area (TPSA) is 72.9 Å². The second kappa shape index (κ2) is 8.79. The van der Waals surface area contributed by atoms with Crippen LogP contribution >= 0.6 is 0 Å². The number of hydrogen-bond acceptors (Lipinski definition) is 3. The number of carboxylic acids is 1. The Kier molecular flexibility index (Phi) is 7.36. The van der Waals surface area contributed by atoms with Gasteiger partial charge in [0.25, 0.3) is 0 Å². The van der Waals surface area contributed by atoms with Gasteiger partial charge in [-0.05, 0) is 39.8 Å². The van der Waals surface area contributed by atoms with Crippen LogP contribution in [-0.4, -0.2) is 65.7 Å². The fraction of sp³-hybridized carbons (Fsp3) is 0.857. The Labute approximate surface area is 121 Å². The molecule has 1 atom stereocenters. The molecule has 1 heterocycles. The lowest BCUT2D eigenvalue weighted by atomic mass is 10.1. The summed E-state index contributed by atoms with van der Waals surface area (Å²) in [5, 5.41) is 11.6. The lowest BCUT2D eigenvalue weighted by molar-refractivity contribution is -0.137. The summed E-state index contributed by atoms with van der Waals surface area (Å²) in [5.41, 5.74) is 0. The first-order valence-corrected chi connectivity index (χ1v) is 7.53. The molecule has 1 aliphatic rings. The predicted molar refractivity (Wildman–Crippen MR) is 77.8 cm³/mol. The number of carbonyl (C=O) groups excluding carboxylic acids is 1. The van der Waals surface area contributed by atoms with Crippen LogP contribution in [0.1, 0.15) is 39.5 Å². The van der Waals surface area contributed by atoms with Crippen molar-refractivity contribution in [2.45, 2.75) is 45.6 Å². The van der Waals surface area contributed by atoms with Gasteiger partial charge in [0.1, 0.15) is 0 Å². The normalized spacial score (nSPS) is 17.5. The Balaban J connectivity index is 2.30. The van der Waals surface area contributed by atoms with E-state index in [1.165, 1.54) is 24.2 Å². The molecule has 0 aromatic heterocycles. The molecular formula is C14H27N3O3. The van der Waals surface area contributed by atoms with Gasteiger partial charge in [-0.2, -0.15) is 0 Å². The number of carbonyl (C=O) groups is 2. The number of aliphatic carboxylic acids is 1. The average molecular weight is 285 g/mol. The zero-order chi connectivity index (χ0) is 15.0. The number of nitrogens with zero attached hydrogens (tertiary/aromatic N) is 2. The van der Waals surface area contributed by atoms with E-state index in [4.69, 9.17) is 5.11 Å². The summed E-state index contributed by atoms with van der Waals surface area (Å²) in [6, 6.07) is 0.162. The summed E-state index contributed by atoms with van der Waals surface area (Å²) in [5.74, 6) is -0.877. The van der Waals surface area contributed by atoms with Crippen LogP contribution in [-0.2, 0) is 4.79 Å². The molecule has 0 aromatic carbocycles. The second-order valence-corrected chi connectivity index (χ2v) is 5.36. The molecule has 0 aromatic rings. The third-order valence-electron chi connectivity index (χ3n) is 3.83. The van der Waals surface area contributed by atoms with Crippen molar-refractivity contribution in [3.63, 3.8) is 0 Å². The van der Waals surface area contributed by atoms with E-state index in [2.05, 4.69) is 17.1 Å². The Morgan fingerprint density at radius 1 is 1.30 bits per heavy atom. The van der Waals surface area contributed by atoms with E-state index in [9.17, 15) is 9.59 Å². The van der Waals surface area contributed by atoms with Crippen molar-refractivity contribution in [3.8, 4) is 0 Å². The number of likely N-dealkylation sites (tertiary alicyclic amines) is 1. The van der Waals surface area contributed by atoms with Gasteiger partial charge in [0.2, 0.25) is 0 Å². The highest BCUT2D eigenvalue weighted by Crippen LogP contribution is 2.11. The molecule has 6 nitrogen and oxygen atoms in total. The molecule has 0 saturated carbocycles. The first-order chi connectivity index (χ1) is 9.54. The number of hydrogen-bond donors (Lipinski definition) is 2. The lowest BCUT2D eigenvalue weighted by Gasteiger charge is -2.33. The van der Waals surface area contributed by atoms with E-state index in [0.717, 1.165) is 13.1 Å². The smallest absolute Gasteiger partial charge is 0.317 e. The highest BCUT2D eigenvalue weighted by Gasteiger charge is 2.18. The molecule has 20 heavy (non-hydrogen) atoms. The van der Waals surface area contributed by atoms with Gasteiger partial charge in [-0.3, -0.25) is 9.69 Å². The van der Waals surface area contributed by atoms with Crippen LogP contribution in [0.4, 0.5) is 4.79 Å². The van der Waals surface area contributed by atoms with Gasteiger partial charge in [0.15, 0.2) is 0 Å². The molecule has 0 aliphatic carbocycles. The molecule has 0 radical (unpaired) electrons. The van der Waals surface area contributed by atoms with E-state index < -0.39 is 5.97 Å². The van der Waals surface area contributed by atoms with E-state index in [0.29, 0.717) is 19.1 Å². The Morgan fingerprint density at radius 2 is 1.95 bits per heavy atom. The molecule has 0 spiro atoms. The quantitative estimate of drug-likeness (QED) is 0.741. The third kappa shape index (κ3) is 5.77. The number of urea groups is 1. The third-order valence-corrected chi connectivity index (χ3v) is 3.83. The van der Waals surface area contributed by atoms with Gasteiger partial charge in [0, 0.05) is 25.7 Å². The molecule has 6 heteroatoms. The van der Waals surface area contributed by atoms with Gasteiger partial charge >= 0.3 is 12.0 Å². The molecule has 1 fully saturated rings. The Hall–Kier alpha value is -1.30. The van der Waals surface area contributed by atoms with Crippen molar-refractivity contribution in [2.75, 3.05) is 32.7 Å². The summed E-state index contributed by atoms with van der Waals surface area (Å²) >= 11 is 0. The van der Waals surface area contributed by atoms with Crippen LogP contribution in [0.15, 0.2) is 0 Å². The minimum absolute atomic E-state index is 0.0110. The van der Waals surface area contributed by atoms with E-state index in [-0.39, 0.29) is 19.0 Å². The van der Waals surface area contributed by atoms with Crippen LogP contribution in [0, 0.1) is 0 Å². The zero-order valence-corrected chi connectivity index (χ0v) is 12.6. The van der Waals surface area contributed by atoms with E-state index in [1.54, 1.807) is 0 Å². The monoisotopic (exact) mass is 285 g/mol. The molecule has 1 unspecified atom stereocenters. The second-order valence-electron chi connectivity index (χ2n) is 5.36. The molecule has 2 amide bonds. The number of amides is 2. The minimum Gasteiger partial charge on any atom is -0.481 e. The fourth-order valence-electron chi connectivity index (χ4n) is 2.47. The van der Waals surface area contributed by atoms with Crippen molar-refractivity contribution in [3.05, 3.63) is 0 Å². The molecule has 1 saturated heterocycles. The summed E-state index contributed by atoms with van der Waals surface area (Å²) in [6.45, 7) is 7.59. The van der Waals surface area contributed by atoms with Crippen molar-refractivity contribution in [1.29, 1.82) is 0 Å². The summed E-state index contributed by atoms with van der Waals surface area (Å²) in [4.78, 5) is 26.5. The van der Waals surface area contributed by atoms with Gasteiger partial charge in [0.05, 0.1) is 6.42 Å². The van der Waals surface area contributed by atoms with Crippen LogP contribution in [0.2, 0.25) is 0 Å². The fourth-order valence-corrected chi connectivity index (χ4v) is 2.47. The van der Waals surface area contributed by atoms with Crippen LogP contribution in [0.5, 0.6) is 0 Å². The summed E-state index contributed by atoms with van der Waals surface area (Å²) in [7, 11) is 0. The molecular weight excluding hydrogens is 258 g/mol. The highest BCUT2D eigenvalue weighted by molar-refractivity contribution is 5.75. The number of piperidine rings is 1. The van der Waals surface area contributed by atoms with Crippen molar-refractivity contribution in [2.24, 2.45) is 0 Å².